The zero-order valence-corrected chi connectivity index (χ0v) is 9.81. The van der Waals surface area contributed by atoms with Crippen molar-refractivity contribution in [2.75, 3.05) is 0 Å². The number of alkyl halides is 1. The summed E-state index contributed by atoms with van der Waals surface area (Å²) in [6, 6.07) is 12.5. The Morgan fingerprint density at radius 2 is 1.93 bits per heavy atom. The average Bonchev–Trinajstić information content (AvgIpc) is 2.30. The molecule has 2 heteroatoms. The van der Waals surface area contributed by atoms with Crippen molar-refractivity contribution in [3.8, 4) is 11.1 Å². The Kier molecular flexibility index (Phi) is 3.14. The van der Waals surface area contributed by atoms with Gasteiger partial charge in [0.05, 0.1) is 0 Å². The summed E-state index contributed by atoms with van der Waals surface area (Å²) < 4.78 is 1.03. The number of halogens is 1. The standard InChI is InChI=1S/C12H10IN/c13-8-10-4-1-2-6-12(10)11-5-3-7-14-9-11/h1-7,9H,8H2. The van der Waals surface area contributed by atoms with E-state index in [1.54, 1.807) is 6.20 Å². The lowest BCUT2D eigenvalue weighted by Crippen LogP contribution is -1.85. The topological polar surface area (TPSA) is 12.9 Å². The first-order valence-corrected chi connectivity index (χ1v) is 5.98. The van der Waals surface area contributed by atoms with Gasteiger partial charge in [-0.1, -0.05) is 52.9 Å². The molecule has 0 saturated carbocycles. The van der Waals surface area contributed by atoms with Crippen LogP contribution in [0.1, 0.15) is 5.56 Å². The average molecular weight is 295 g/mol. The SMILES string of the molecule is ICc1ccccc1-c1cccnc1. The third-order valence-electron chi connectivity index (χ3n) is 2.13. The highest BCUT2D eigenvalue weighted by Gasteiger charge is 2.01. The van der Waals surface area contributed by atoms with Gasteiger partial charge in [-0.2, -0.15) is 0 Å². The molecular formula is C12H10IN. The molecule has 0 N–H and O–H groups in total. The van der Waals surface area contributed by atoms with Crippen LogP contribution in [0, 0.1) is 0 Å². The molecule has 1 heterocycles. The molecule has 1 nitrogen and oxygen atoms in total. The van der Waals surface area contributed by atoms with Gasteiger partial charge in [-0.25, -0.2) is 0 Å². The van der Waals surface area contributed by atoms with E-state index in [-0.39, 0.29) is 0 Å². The van der Waals surface area contributed by atoms with Crippen LogP contribution in [0.5, 0.6) is 0 Å². The second-order valence-corrected chi connectivity index (χ2v) is 3.80. The maximum atomic E-state index is 4.13. The normalized spacial score (nSPS) is 10.1. The molecule has 0 bridgehead atoms. The van der Waals surface area contributed by atoms with E-state index in [4.69, 9.17) is 0 Å². The molecule has 0 aliphatic heterocycles. The summed E-state index contributed by atoms with van der Waals surface area (Å²) in [7, 11) is 0. The first kappa shape index (κ1) is 9.65. The largest absolute Gasteiger partial charge is 0.264 e. The Hall–Kier alpha value is -0.900. The van der Waals surface area contributed by atoms with Gasteiger partial charge in [0.15, 0.2) is 0 Å². The first-order valence-electron chi connectivity index (χ1n) is 4.46. The maximum absolute atomic E-state index is 4.13. The van der Waals surface area contributed by atoms with Crippen molar-refractivity contribution in [2.45, 2.75) is 4.43 Å². The number of nitrogens with zero attached hydrogens (tertiary/aromatic N) is 1. The fourth-order valence-electron chi connectivity index (χ4n) is 1.44. The monoisotopic (exact) mass is 295 g/mol. The van der Waals surface area contributed by atoms with E-state index in [2.05, 4.69) is 57.9 Å². The molecule has 0 spiro atoms. The lowest BCUT2D eigenvalue weighted by atomic mass is 10.0. The van der Waals surface area contributed by atoms with Crippen molar-refractivity contribution in [2.24, 2.45) is 0 Å². The Morgan fingerprint density at radius 3 is 2.64 bits per heavy atom. The fraction of sp³-hybridized carbons (Fsp3) is 0.0833. The van der Waals surface area contributed by atoms with Crippen LogP contribution in [-0.4, -0.2) is 4.98 Å². The third kappa shape index (κ3) is 1.95. The molecular weight excluding hydrogens is 285 g/mol. The van der Waals surface area contributed by atoms with Gasteiger partial charge in [0.1, 0.15) is 0 Å². The third-order valence-corrected chi connectivity index (χ3v) is 2.96. The highest BCUT2D eigenvalue weighted by atomic mass is 127. The van der Waals surface area contributed by atoms with Crippen molar-refractivity contribution in [3.05, 3.63) is 54.4 Å². The van der Waals surface area contributed by atoms with Gasteiger partial charge in [-0.15, -0.1) is 0 Å². The first-order chi connectivity index (χ1) is 6.92. The van der Waals surface area contributed by atoms with Gasteiger partial charge in [0.2, 0.25) is 0 Å². The van der Waals surface area contributed by atoms with Gasteiger partial charge < -0.3 is 0 Å². The molecule has 0 atom stereocenters. The van der Waals surface area contributed by atoms with E-state index < -0.39 is 0 Å². The Morgan fingerprint density at radius 1 is 1.07 bits per heavy atom. The lowest BCUT2D eigenvalue weighted by molar-refractivity contribution is 1.32. The number of benzene rings is 1. The minimum absolute atomic E-state index is 1.03. The van der Waals surface area contributed by atoms with Gasteiger partial charge in [0, 0.05) is 22.4 Å². The molecule has 14 heavy (non-hydrogen) atoms. The van der Waals surface area contributed by atoms with Crippen LogP contribution in [0.2, 0.25) is 0 Å². The van der Waals surface area contributed by atoms with Crippen molar-refractivity contribution in [1.29, 1.82) is 0 Å². The smallest absolute Gasteiger partial charge is 0.0346 e. The van der Waals surface area contributed by atoms with Crippen molar-refractivity contribution < 1.29 is 0 Å². The van der Waals surface area contributed by atoms with Crippen LogP contribution in [0.3, 0.4) is 0 Å². The van der Waals surface area contributed by atoms with Crippen molar-refractivity contribution in [3.63, 3.8) is 0 Å². The van der Waals surface area contributed by atoms with E-state index in [0.717, 1.165) is 4.43 Å². The number of hydrogen-bond acceptors (Lipinski definition) is 1. The highest BCUT2D eigenvalue weighted by molar-refractivity contribution is 14.1. The number of pyridine rings is 1. The second kappa shape index (κ2) is 4.55. The number of hydrogen-bond donors (Lipinski definition) is 0. The van der Waals surface area contributed by atoms with E-state index >= 15 is 0 Å². The molecule has 0 unspecified atom stereocenters. The minimum Gasteiger partial charge on any atom is -0.264 e. The van der Waals surface area contributed by atoms with Crippen LogP contribution in [0.15, 0.2) is 48.8 Å². The predicted octanol–water partition coefficient (Wildman–Crippen LogP) is 3.68. The zero-order chi connectivity index (χ0) is 9.80. The van der Waals surface area contributed by atoms with Crippen molar-refractivity contribution >= 4 is 22.6 Å². The highest BCUT2D eigenvalue weighted by Crippen LogP contribution is 2.24. The molecule has 0 aliphatic rings. The Balaban J connectivity index is 2.51. The second-order valence-electron chi connectivity index (χ2n) is 3.03. The summed E-state index contributed by atoms with van der Waals surface area (Å²) in [5.41, 5.74) is 3.84. The van der Waals surface area contributed by atoms with Crippen LogP contribution < -0.4 is 0 Å². The predicted molar refractivity (Wildman–Crippen MR) is 67.4 cm³/mol. The van der Waals surface area contributed by atoms with E-state index in [9.17, 15) is 0 Å². The van der Waals surface area contributed by atoms with Crippen LogP contribution in [0.4, 0.5) is 0 Å². The lowest BCUT2D eigenvalue weighted by Gasteiger charge is -2.05. The van der Waals surface area contributed by atoms with Crippen LogP contribution in [0.25, 0.3) is 11.1 Å². The molecule has 2 rings (SSSR count). The summed E-state index contributed by atoms with van der Waals surface area (Å²) in [5, 5.41) is 0. The Bertz CT molecular complexity index is 412. The minimum atomic E-state index is 1.03. The molecule has 70 valence electrons. The quantitative estimate of drug-likeness (QED) is 0.608. The van der Waals surface area contributed by atoms with Gasteiger partial charge >= 0.3 is 0 Å². The maximum Gasteiger partial charge on any atom is 0.0346 e. The molecule has 0 saturated heterocycles. The molecule has 2 aromatic rings. The molecule has 0 aliphatic carbocycles. The molecule has 1 aromatic heterocycles. The molecule has 0 amide bonds. The summed E-state index contributed by atoms with van der Waals surface area (Å²) in [6.45, 7) is 0. The summed E-state index contributed by atoms with van der Waals surface area (Å²) in [5.74, 6) is 0. The molecule has 0 radical (unpaired) electrons. The van der Waals surface area contributed by atoms with Crippen LogP contribution in [-0.2, 0) is 4.43 Å². The fourth-order valence-corrected chi connectivity index (χ4v) is 2.11. The van der Waals surface area contributed by atoms with Gasteiger partial charge in [-0.05, 0) is 17.2 Å². The number of aromatic nitrogens is 1. The van der Waals surface area contributed by atoms with E-state index in [1.165, 1.54) is 16.7 Å². The van der Waals surface area contributed by atoms with E-state index in [1.807, 2.05) is 12.3 Å². The summed E-state index contributed by atoms with van der Waals surface area (Å²) in [4.78, 5) is 4.13. The van der Waals surface area contributed by atoms with E-state index in [0.29, 0.717) is 0 Å². The molecule has 0 fully saturated rings. The van der Waals surface area contributed by atoms with Crippen LogP contribution >= 0.6 is 22.6 Å². The number of rotatable bonds is 2. The van der Waals surface area contributed by atoms with Crippen molar-refractivity contribution in [1.82, 2.24) is 4.98 Å². The molecule has 1 aromatic carbocycles. The van der Waals surface area contributed by atoms with Gasteiger partial charge in [-0.3, -0.25) is 4.98 Å². The summed E-state index contributed by atoms with van der Waals surface area (Å²) in [6.07, 6.45) is 3.71. The summed E-state index contributed by atoms with van der Waals surface area (Å²) >= 11 is 2.39. The van der Waals surface area contributed by atoms with Gasteiger partial charge in [0.25, 0.3) is 0 Å². The Labute approximate surface area is 97.3 Å². The zero-order valence-electron chi connectivity index (χ0n) is 7.65.